The van der Waals surface area contributed by atoms with Crippen LogP contribution in [0.1, 0.15) is 132 Å². The maximum Gasteiger partial charge on any atom is 0.343 e. The van der Waals surface area contributed by atoms with Crippen LogP contribution in [-0.2, 0) is 4.74 Å². The van der Waals surface area contributed by atoms with Crippen molar-refractivity contribution in [1.29, 1.82) is 0 Å². The van der Waals surface area contributed by atoms with Crippen molar-refractivity contribution >= 4 is 11.9 Å². The van der Waals surface area contributed by atoms with Gasteiger partial charge < -0.3 is 14.2 Å². The number of hydrogen-bond acceptors (Lipinski definition) is 5. The van der Waals surface area contributed by atoms with Crippen LogP contribution in [0.15, 0.2) is 48.5 Å². The highest BCUT2D eigenvalue weighted by Crippen LogP contribution is 2.19. The molecule has 2 rings (SSSR count). The van der Waals surface area contributed by atoms with Crippen LogP contribution in [0, 0.1) is 11.8 Å². The Bertz CT molecular complexity index is 949. The summed E-state index contributed by atoms with van der Waals surface area (Å²) in [5, 5.41) is 0. The molecule has 5 nitrogen and oxygen atoms in total. The summed E-state index contributed by atoms with van der Waals surface area (Å²) in [6.45, 7) is 10.0. The van der Waals surface area contributed by atoms with Crippen LogP contribution in [0.25, 0.3) is 0 Å². The standard InChI is InChI=1S/C35H52O5/c1-5-6-7-8-9-10-11-12-13-26-38-32-21-17-31(18-22-32)35(37)40-33-23-19-30(20-24-33)34(36)39-27-25-29(4)16-14-15-28(2)3/h17-24,28-29H,5-16,25-27H2,1-4H3. The van der Waals surface area contributed by atoms with E-state index in [1.807, 2.05) is 0 Å². The normalized spacial score (nSPS) is 11.8. The summed E-state index contributed by atoms with van der Waals surface area (Å²) in [5.74, 6) is 1.59. The van der Waals surface area contributed by atoms with E-state index in [1.165, 1.54) is 64.2 Å². The van der Waals surface area contributed by atoms with E-state index < -0.39 is 5.97 Å². The summed E-state index contributed by atoms with van der Waals surface area (Å²) < 4.78 is 16.7. The van der Waals surface area contributed by atoms with Crippen molar-refractivity contribution in [1.82, 2.24) is 0 Å². The molecular weight excluding hydrogens is 500 g/mol. The van der Waals surface area contributed by atoms with Crippen LogP contribution < -0.4 is 9.47 Å². The average Bonchev–Trinajstić information content (AvgIpc) is 2.94. The van der Waals surface area contributed by atoms with E-state index in [0.717, 1.165) is 30.9 Å². The molecule has 2 aromatic rings. The highest BCUT2D eigenvalue weighted by molar-refractivity contribution is 5.92. The third-order valence-electron chi connectivity index (χ3n) is 7.23. The van der Waals surface area contributed by atoms with E-state index in [4.69, 9.17) is 14.2 Å². The predicted octanol–water partition coefficient (Wildman–Crippen LogP) is 9.82. The zero-order valence-corrected chi connectivity index (χ0v) is 25.4. The third-order valence-corrected chi connectivity index (χ3v) is 7.23. The zero-order chi connectivity index (χ0) is 29.0. The fourth-order valence-corrected chi connectivity index (χ4v) is 4.57. The first-order valence-electron chi connectivity index (χ1n) is 15.6. The number of esters is 2. The minimum atomic E-state index is -0.452. The van der Waals surface area contributed by atoms with Gasteiger partial charge in [0.15, 0.2) is 0 Å². The van der Waals surface area contributed by atoms with Crippen LogP contribution in [-0.4, -0.2) is 25.2 Å². The molecule has 0 bridgehead atoms. The van der Waals surface area contributed by atoms with Crippen LogP contribution in [0.3, 0.4) is 0 Å². The molecule has 1 atom stereocenters. The van der Waals surface area contributed by atoms with Crippen molar-refractivity contribution in [3.05, 3.63) is 59.7 Å². The molecule has 0 aliphatic heterocycles. The van der Waals surface area contributed by atoms with Gasteiger partial charge in [-0.25, -0.2) is 9.59 Å². The Labute approximate surface area is 243 Å². The number of benzene rings is 2. The molecule has 0 aliphatic rings. The monoisotopic (exact) mass is 552 g/mol. The van der Waals surface area contributed by atoms with Gasteiger partial charge in [-0.2, -0.15) is 0 Å². The Kier molecular flexibility index (Phi) is 16.8. The Hall–Kier alpha value is -2.82. The van der Waals surface area contributed by atoms with E-state index in [1.54, 1.807) is 48.5 Å². The first-order valence-corrected chi connectivity index (χ1v) is 15.6. The van der Waals surface area contributed by atoms with Crippen molar-refractivity contribution in [3.63, 3.8) is 0 Å². The second kappa shape index (κ2) is 20.1. The number of carbonyl (C=O) groups excluding carboxylic acids is 2. The van der Waals surface area contributed by atoms with Gasteiger partial charge in [0.05, 0.1) is 24.3 Å². The lowest BCUT2D eigenvalue weighted by Gasteiger charge is -2.12. The van der Waals surface area contributed by atoms with Crippen LogP contribution in [0.4, 0.5) is 0 Å². The first kappa shape index (κ1) is 33.4. The topological polar surface area (TPSA) is 61.8 Å². The van der Waals surface area contributed by atoms with E-state index >= 15 is 0 Å². The molecule has 5 heteroatoms. The number of hydrogen-bond donors (Lipinski definition) is 0. The molecule has 40 heavy (non-hydrogen) atoms. The lowest BCUT2D eigenvalue weighted by molar-refractivity contribution is 0.0483. The van der Waals surface area contributed by atoms with Gasteiger partial charge in [0, 0.05) is 0 Å². The molecule has 1 unspecified atom stereocenters. The van der Waals surface area contributed by atoms with Crippen molar-refractivity contribution in [2.45, 2.75) is 111 Å². The van der Waals surface area contributed by atoms with Crippen molar-refractivity contribution < 1.29 is 23.8 Å². The van der Waals surface area contributed by atoms with Gasteiger partial charge in [-0.3, -0.25) is 0 Å². The molecule has 0 aliphatic carbocycles. The van der Waals surface area contributed by atoms with Gasteiger partial charge in [0.2, 0.25) is 0 Å². The summed E-state index contributed by atoms with van der Waals surface area (Å²) in [6.07, 6.45) is 16.0. The molecule has 0 heterocycles. The Morgan fingerprint density at radius 1 is 0.600 bits per heavy atom. The summed E-state index contributed by atoms with van der Waals surface area (Å²) in [4.78, 5) is 24.9. The number of carbonyl (C=O) groups is 2. The Morgan fingerprint density at radius 2 is 1.15 bits per heavy atom. The van der Waals surface area contributed by atoms with E-state index in [2.05, 4.69) is 27.7 Å². The predicted molar refractivity (Wildman–Crippen MR) is 163 cm³/mol. The Balaban J connectivity index is 1.64. The lowest BCUT2D eigenvalue weighted by atomic mass is 9.98. The minimum Gasteiger partial charge on any atom is -0.494 e. The summed E-state index contributed by atoms with van der Waals surface area (Å²) in [5.41, 5.74) is 0.891. The second-order valence-corrected chi connectivity index (χ2v) is 11.5. The molecule has 0 radical (unpaired) electrons. The highest BCUT2D eigenvalue weighted by atomic mass is 16.5. The second-order valence-electron chi connectivity index (χ2n) is 11.5. The molecule has 0 amide bonds. The number of unbranched alkanes of at least 4 members (excludes halogenated alkanes) is 8. The third kappa shape index (κ3) is 14.5. The molecule has 0 saturated carbocycles. The first-order chi connectivity index (χ1) is 19.4. The number of rotatable bonds is 21. The quantitative estimate of drug-likeness (QED) is 0.0876. The summed E-state index contributed by atoms with van der Waals surface area (Å²) in [7, 11) is 0. The fourth-order valence-electron chi connectivity index (χ4n) is 4.57. The van der Waals surface area contributed by atoms with Gasteiger partial charge in [0.25, 0.3) is 0 Å². The van der Waals surface area contributed by atoms with E-state index in [9.17, 15) is 9.59 Å². The van der Waals surface area contributed by atoms with E-state index in [0.29, 0.717) is 36.0 Å². The SMILES string of the molecule is CCCCCCCCCCCOc1ccc(C(=O)Oc2ccc(C(=O)OCCC(C)CCCC(C)C)cc2)cc1. The van der Waals surface area contributed by atoms with Crippen LogP contribution in [0.5, 0.6) is 11.5 Å². The molecule has 0 saturated heterocycles. The molecule has 0 aromatic heterocycles. The van der Waals surface area contributed by atoms with Gasteiger partial charge in [-0.05, 0) is 73.2 Å². The molecular formula is C35H52O5. The molecule has 0 N–H and O–H groups in total. The summed E-state index contributed by atoms with van der Waals surface area (Å²) in [6, 6.07) is 13.5. The Morgan fingerprint density at radius 3 is 1.75 bits per heavy atom. The van der Waals surface area contributed by atoms with Crippen molar-refractivity contribution in [2.24, 2.45) is 11.8 Å². The average molecular weight is 553 g/mol. The largest absolute Gasteiger partial charge is 0.494 e. The van der Waals surface area contributed by atoms with E-state index in [-0.39, 0.29) is 5.97 Å². The van der Waals surface area contributed by atoms with Crippen molar-refractivity contribution in [2.75, 3.05) is 13.2 Å². The minimum absolute atomic E-state index is 0.356. The molecule has 2 aromatic carbocycles. The smallest absolute Gasteiger partial charge is 0.343 e. The highest BCUT2D eigenvalue weighted by Gasteiger charge is 2.12. The maximum absolute atomic E-state index is 12.6. The van der Waals surface area contributed by atoms with Gasteiger partial charge in [-0.15, -0.1) is 0 Å². The van der Waals surface area contributed by atoms with Crippen LogP contribution >= 0.6 is 0 Å². The maximum atomic E-state index is 12.6. The van der Waals surface area contributed by atoms with Crippen LogP contribution in [0.2, 0.25) is 0 Å². The van der Waals surface area contributed by atoms with Crippen molar-refractivity contribution in [3.8, 4) is 11.5 Å². The molecule has 0 spiro atoms. The zero-order valence-electron chi connectivity index (χ0n) is 25.4. The van der Waals surface area contributed by atoms with Gasteiger partial charge in [-0.1, -0.05) is 98.3 Å². The number of ether oxygens (including phenoxy) is 3. The van der Waals surface area contributed by atoms with Gasteiger partial charge >= 0.3 is 11.9 Å². The van der Waals surface area contributed by atoms with Gasteiger partial charge in [0.1, 0.15) is 11.5 Å². The molecule has 0 fully saturated rings. The molecule has 222 valence electrons. The lowest BCUT2D eigenvalue weighted by Crippen LogP contribution is -2.10. The summed E-state index contributed by atoms with van der Waals surface area (Å²) >= 11 is 0. The fraction of sp³-hybridized carbons (Fsp3) is 0.600.